The van der Waals surface area contributed by atoms with Crippen molar-refractivity contribution in [3.05, 3.63) is 20.3 Å². The van der Waals surface area contributed by atoms with E-state index in [-0.39, 0.29) is 17.7 Å². The van der Waals surface area contributed by atoms with Crippen LogP contribution in [-0.2, 0) is 0 Å². The Morgan fingerprint density at radius 1 is 1.67 bits per heavy atom. The maximum Gasteiger partial charge on any atom is 0.266 e. The Bertz CT molecular complexity index is 389. The number of aliphatic hydroxyl groups excluding tert-OH is 1. The van der Waals surface area contributed by atoms with E-state index in [1.165, 1.54) is 6.33 Å². The van der Waals surface area contributed by atoms with Crippen LogP contribution < -0.4 is 10.9 Å². The number of nitrogens with one attached hydrogen (secondary N) is 2. The molecule has 0 saturated carbocycles. The molecule has 1 rings (SSSR count). The molecular formula is C9H14IN3O2. The summed E-state index contributed by atoms with van der Waals surface area (Å²) in [5.41, 5.74) is -0.442. The van der Waals surface area contributed by atoms with Gasteiger partial charge in [-0.1, -0.05) is 0 Å². The molecule has 0 fully saturated rings. The monoisotopic (exact) mass is 323 g/mol. The van der Waals surface area contributed by atoms with Gasteiger partial charge in [0, 0.05) is 12.1 Å². The van der Waals surface area contributed by atoms with Gasteiger partial charge in [-0.25, -0.2) is 4.98 Å². The Balaban J connectivity index is 2.90. The lowest BCUT2D eigenvalue weighted by Crippen LogP contribution is -2.33. The number of nitrogens with zero attached hydrogens (tertiary/aromatic N) is 1. The molecule has 3 N–H and O–H groups in total. The minimum absolute atomic E-state index is 0.0970. The smallest absolute Gasteiger partial charge is 0.266 e. The number of aromatic amines is 1. The van der Waals surface area contributed by atoms with Crippen LogP contribution in [0.5, 0.6) is 0 Å². The van der Waals surface area contributed by atoms with Crippen LogP contribution >= 0.6 is 22.6 Å². The molecule has 0 aromatic carbocycles. The Morgan fingerprint density at radius 2 is 2.33 bits per heavy atom. The fourth-order valence-electron chi connectivity index (χ4n) is 1.13. The third-order valence-electron chi connectivity index (χ3n) is 1.99. The molecule has 0 aliphatic rings. The number of halogens is 1. The summed E-state index contributed by atoms with van der Waals surface area (Å²) in [5.74, 6) is 0.554. The summed E-state index contributed by atoms with van der Waals surface area (Å²) >= 11 is 1.94. The van der Waals surface area contributed by atoms with Gasteiger partial charge in [-0.05, 0) is 42.9 Å². The number of hydrogen-bond donors (Lipinski definition) is 3. The number of aliphatic hydroxyl groups is 1. The van der Waals surface area contributed by atoms with Crippen LogP contribution in [0.1, 0.15) is 20.3 Å². The lowest BCUT2D eigenvalue weighted by atomic mass is 10.0. The Morgan fingerprint density at radius 3 is 2.93 bits per heavy atom. The molecule has 1 heterocycles. The molecular weight excluding hydrogens is 309 g/mol. The number of anilines is 1. The summed E-state index contributed by atoms with van der Waals surface area (Å²) in [6.45, 7) is 3.99. The second-order valence-corrected chi connectivity index (χ2v) is 4.96. The van der Waals surface area contributed by atoms with Gasteiger partial charge in [-0.15, -0.1) is 0 Å². The van der Waals surface area contributed by atoms with Crippen molar-refractivity contribution >= 4 is 28.4 Å². The highest BCUT2D eigenvalue weighted by molar-refractivity contribution is 14.1. The summed E-state index contributed by atoms with van der Waals surface area (Å²) in [5, 5.41) is 12.0. The van der Waals surface area contributed by atoms with Crippen LogP contribution in [0, 0.1) is 3.57 Å². The number of rotatable bonds is 4. The van der Waals surface area contributed by atoms with Crippen LogP contribution in [-0.4, -0.2) is 27.2 Å². The van der Waals surface area contributed by atoms with Crippen LogP contribution in [0.4, 0.5) is 5.82 Å². The highest BCUT2D eigenvalue weighted by atomic mass is 127. The van der Waals surface area contributed by atoms with E-state index in [0.29, 0.717) is 15.8 Å². The largest absolute Gasteiger partial charge is 0.396 e. The summed E-state index contributed by atoms with van der Waals surface area (Å²) in [4.78, 5) is 17.8. The van der Waals surface area contributed by atoms with Crippen molar-refractivity contribution in [1.29, 1.82) is 0 Å². The number of hydrogen-bond acceptors (Lipinski definition) is 4. The fraction of sp³-hybridized carbons (Fsp3) is 0.556. The first-order chi connectivity index (χ1) is 6.96. The third-order valence-corrected chi connectivity index (χ3v) is 2.99. The fourth-order valence-corrected chi connectivity index (χ4v) is 1.56. The molecule has 0 aliphatic heterocycles. The van der Waals surface area contributed by atoms with Crippen LogP contribution in [0.25, 0.3) is 0 Å². The molecule has 15 heavy (non-hydrogen) atoms. The molecule has 84 valence electrons. The average molecular weight is 323 g/mol. The van der Waals surface area contributed by atoms with Gasteiger partial charge in [-0.3, -0.25) is 4.79 Å². The van der Waals surface area contributed by atoms with Crippen LogP contribution in [0.3, 0.4) is 0 Å². The maximum absolute atomic E-state index is 11.3. The number of H-pyrrole nitrogens is 1. The van der Waals surface area contributed by atoms with Crippen molar-refractivity contribution in [2.45, 2.75) is 25.8 Å². The van der Waals surface area contributed by atoms with E-state index in [1.54, 1.807) is 0 Å². The van der Waals surface area contributed by atoms with E-state index < -0.39 is 0 Å². The lowest BCUT2D eigenvalue weighted by molar-refractivity contribution is 0.260. The van der Waals surface area contributed by atoms with Gasteiger partial charge in [0.15, 0.2) is 0 Å². The summed E-state index contributed by atoms with van der Waals surface area (Å²) < 4.78 is 0.529. The highest BCUT2D eigenvalue weighted by Crippen LogP contribution is 2.18. The van der Waals surface area contributed by atoms with Crippen LogP contribution in [0.2, 0.25) is 0 Å². The maximum atomic E-state index is 11.3. The summed E-state index contributed by atoms with van der Waals surface area (Å²) in [6, 6.07) is 0. The first-order valence-corrected chi connectivity index (χ1v) is 5.66. The van der Waals surface area contributed by atoms with Crippen molar-refractivity contribution in [1.82, 2.24) is 9.97 Å². The van der Waals surface area contributed by atoms with Crippen molar-refractivity contribution in [3.63, 3.8) is 0 Å². The van der Waals surface area contributed by atoms with Crippen molar-refractivity contribution in [3.8, 4) is 0 Å². The minimum Gasteiger partial charge on any atom is -0.396 e. The standard InChI is InChI=1S/C9H14IN3O2/c1-9(2,3-4-14)13-7-6(10)8(15)12-5-11-7/h5,14H,3-4H2,1-2H3,(H2,11,12,13,15). The van der Waals surface area contributed by atoms with E-state index in [1.807, 2.05) is 36.4 Å². The molecule has 6 heteroatoms. The van der Waals surface area contributed by atoms with Gasteiger partial charge >= 0.3 is 0 Å². The van der Waals surface area contributed by atoms with Gasteiger partial charge in [0.2, 0.25) is 0 Å². The predicted molar refractivity (Wildman–Crippen MR) is 67.0 cm³/mol. The van der Waals surface area contributed by atoms with E-state index >= 15 is 0 Å². The molecule has 1 aromatic heterocycles. The SMILES string of the molecule is CC(C)(CCO)Nc1nc[nH]c(=O)c1I. The zero-order valence-corrected chi connectivity index (χ0v) is 10.8. The van der Waals surface area contributed by atoms with Gasteiger partial charge < -0.3 is 15.4 Å². The Hall–Kier alpha value is -0.630. The lowest BCUT2D eigenvalue weighted by Gasteiger charge is -2.26. The first-order valence-electron chi connectivity index (χ1n) is 4.58. The third kappa shape index (κ3) is 3.45. The molecule has 0 atom stereocenters. The van der Waals surface area contributed by atoms with Gasteiger partial charge in [0.05, 0.1) is 6.33 Å². The zero-order chi connectivity index (χ0) is 11.5. The average Bonchev–Trinajstić information content (AvgIpc) is 2.12. The van der Waals surface area contributed by atoms with Crippen molar-refractivity contribution in [2.24, 2.45) is 0 Å². The molecule has 0 saturated heterocycles. The molecule has 1 aromatic rings. The predicted octanol–water partition coefficient (Wildman–Crippen LogP) is 0.947. The van der Waals surface area contributed by atoms with E-state index in [4.69, 9.17) is 5.11 Å². The second-order valence-electron chi connectivity index (χ2n) is 3.88. The molecule has 0 unspecified atom stereocenters. The molecule has 0 amide bonds. The Labute approximate surface area is 101 Å². The summed E-state index contributed by atoms with van der Waals surface area (Å²) in [6.07, 6.45) is 1.96. The van der Waals surface area contributed by atoms with E-state index in [2.05, 4.69) is 15.3 Å². The zero-order valence-electron chi connectivity index (χ0n) is 8.67. The number of aromatic nitrogens is 2. The minimum atomic E-state index is -0.282. The van der Waals surface area contributed by atoms with Gasteiger partial charge in [0.1, 0.15) is 9.39 Å². The Kier molecular flexibility index (Phi) is 4.09. The molecule has 0 spiro atoms. The van der Waals surface area contributed by atoms with E-state index in [9.17, 15) is 4.79 Å². The second kappa shape index (κ2) is 4.93. The molecule has 0 radical (unpaired) electrons. The highest BCUT2D eigenvalue weighted by Gasteiger charge is 2.19. The normalized spacial score (nSPS) is 11.5. The van der Waals surface area contributed by atoms with Gasteiger partial charge in [-0.2, -0.15) is 0 Å². The van der Waals surface area contributed by atoms with Crippen molar-refractivity contribution in [2.75, 3.05) is 11.9 Å². The van der Waals surface area contributed by atoms with Crippen molar-refractivity contribution < 1.29 is 5.11 Å². The first kappa shape index (κ1) is 12.4. The molecule has 0 bridgehead atoms. The van der Waals surface area contributed by atoms with Crippen LogP contribution in [0.15, 0.2) is 11.1 Å². The van der Waals surface area contributed by atoms with Gasteiger partial charge in [0.25, 0.3) is 5.56 Å². The van der Waals surface area contributed by atoms with E-state index in [0.717, 1.165) is 0 Å². The quantitative estimate of drug-likeness (QED) is 0.721. The summed E-state index contributed by atoms with van der Waals surface area (Å²) in [7, 11) is 0. The molecule has 0 aliphatic carbocycles. The molecule has 5 nitrogen and oxygen atoms in total. The topological polar surface area (TPSA) is 78.0 Å².